The van der Waals surface area contributed by atoms with Crippen LogP contribution < -0.4 is 4.74 Å². The molecule has 2 saturated carbocycles. The predicted molar refractivity (Wildman–Crippen MR) is 119 cm³/mol. The quantitative estimate of drug-likeness (QED) is 0.614. The van der Waals surface area contributed by atoms with Crippen LogP contribution in [0.4, 0.5) is 0 Å². The van der Waals surface area contributed by atoms with E-state index in [1.54, 1.807) is 12.7 Å². The third-order valence-electron chi connectivity index (χ3n) is 9.24. The Morgan fingerprint density at radius 3 is 2.76 bits per heavy atom. The zero-order valence-electron chi connectivity index (χ0n) is 18.6. The zero-order chi connectivity index (χ0) is 20.2. The van der Waals surface area contributed by atoms with E-state index in [0.717, 1.165) is 30.0 Å². The average molecular weight is 393 g/mol. The summed E-state index contributed by atoms with van der Waals surface area (Å²) in [6, 6.07) is 2.18. The number of fused-ring (bicyclic) bond motifs is 5. The summed E-state index contributed by atoms with van der Waals surface area (Å²) in [4.78, 5) is 6.96. The van der Waals surface area contributed by atoms with E-state index in [9.17, 15) is 0 Å². The van der Waals surface area contributed by atoms with E-state index in [-0.39, 0.29) is 5.41 Å². The molecule has 2 heterocycles. The molecule has 3 aliphatic carbocycles. The topological polar surface area (TPSA) is 25.4 Å². The summed E-state index contributed by atoms with van der Waals surface area (Å²) >= 11 is 0. The first-order valence-corrected chi connectivity index (χ1v) is 11.5. The fourth-order valence-corrected chi connectivity index (χ4v) is 7.48. The van der Waals surface area contributed by atoms with Crippen molar-refractivity contribution >= 4 is 5.57 Å². The second-order valence-electron chi connectivity index (χ2n) is 10.5. The van der Waals surface area contributed by atoms with Crippen LogP contribution in [-0.4, -0.2) is 37.1 Å². The lowest BCUT2D eigenvalue weighted by Gasteiger charge is -2.57. The third kappa shape index (κ3) is 2.91. The standard InChI is InChI=1S/C26H36N2O/c1-25-12-14-28(3)13-10-19(25)5-6-21-23-8-7-22(26(23,2)11-9-24(21)25)18-15-20(29-4)17-27-16-18/h7,10,15-17,21,23-24H,5-6,8-9,11-14H2,1-4H3/t21-,23?,24?,25-,26+/m0/s1. The minimum Gasteiger partial charge on any atom is -0.495 e. The lowest BCUT2D eigenvalue weighted by atomic mass is 9.47. The van der Waals surface area contributed by atoms with Gasteiger partial charge in [0, 0.05) is 12.7 Å². The van der Waals surface area contributed by atoms with Crippen LogP contribution in [0.2, 0.25) is 0 Å². The Labute approximate surface area is 176 Å². The number of methoxy groups -OCH3 is 1. The fraction of sp³-hybridized carbons (Fsp3) is 0.654. The van der Waals surface area contributed by atoms with E-state index in [2.05, 4.69) is 49.0 Å². The monoisotopic (exact) mass is 392 g/mol. The highest BCUT2D eigenvalue weighted by Gasteiger charge is 2.56. The van der Waals surface area contributed by atoms with Gasteiger partial charge in [-0.2, -0.15) is 0 Å². The van der Waals surface area contributed by atoms with Crippen molar-refractivity contribution in [3.05, 3.63) is 41.7 Å². The molecule has 2 unspecified atom stereocenters. The lowest BCUT2D eigenvalue weighted by Crippen LogP contribution is -2.49. The normalized spacial score (nSPS) is 39.5. The summed E-state index contributed by atoms with van der Waals surface area (Å²) in [5, 5.41) is 0. The Bertz CT molecular complexity index is 858. The van der Waals surface area contributed by atoms with Crippen molar-refractivity contribution in [2.24, 2.45) is 28.6 Å². The number of ether oxygens (including phenoxy) is 1. The van der Waals surface area contributed by atoms with Crippen LogP contribution in [0.25, 0.3) is 5.57 Å². The Kier molecular flexibility index (Phi) is 4.66. The molecule has 3 heteroatoms. The van der Waals surface area contributed by atoms with Crippen molar-refractivity contribution in [2.75, 3.05) is 27.2 Å². The maximum Gasteiger partial charge on any atom is 0.137 e. The van der Waals surface area contributed by atoms with Crippen LogP contribution >= 0.6 is 0 Å². The number of pyridine rings is 1. The molecule has 0 spiro atoms. The van der Waals surface area contributed by atoms with Gasteiger partial charge in [0.1, 0.15) is 5.75 Å². The van der Waals surface area contributed by atoms with Crippen LogP contribution in [0.15, 0.2) is 36.2 Å². The molecule has 1 aromatic rings. The highest BCUT2D eigenvalue weighted by atomic mass is 16.5. The summed E-state index contributed by atoms with van der Waals surface area (Å²) < 4.78 is 5.46. The molecule has 29 heavy (non-hydrogen) atoms. The maximum absolute atomic E-state index is 5.46. The lowest BCUT2D eigenvalue weighted by molar-refractivity contribution is -0.0194. The van der Waals surface area contributed by atoms with Crippen LogP contribution in [0, 0.1) is 28.6 Å². The van der Waals surface area contributed by atoms with Crippen LogP contribution in [-0.2, 0) is 0 Å². The van der Waals surface area contributed by atoms with Crippen molar-refractivity contribution in [3.63, 3.8) is 0 Å². The van der Waals surface area contributed by atoms with Crippen molar-refractivity contribution in [1.29, 1.82) is 0 Å². The minimum atomic E-state index is 0.286. The molecule has 0 amide bonds. The van der Waals surface area contributed by atoms with Gasteiger partial charge in [0.15, 0.2) is 0 Å². The molecule has 1 aliphatic heterocycles. The van der Waals surface area contributed by atoms with Crippen molar-refractivity contribution < 1.29 is 4.74 Å². The molecule has 0 aromatic carbocycles. The number of nitrogens with zero attached hydrogens (tertiary/aromatic N) is 2. The molecular weight excluding hydrogens is 356 g/mol. The van der Waals surface area contributed by atoms with Crippen molar-refractivity contribution in [2.45, 2.75) is 52.4 Å². The largest absolute Gasteiger partial charge is 0.495 e. The van der Waals surface area contributed by atoms with E-state index < -0.39 is 0 Å². The van der Waals surface area contributed by atoms with Gasteiger partial charge in [-0.25, -0.2) is 0 Å². The summed E-state index contributed by atoms with van der Waals surface area (Å²) in [5.41, 5.74) is 5.27. The van der Waals surface area contributed by atoms with Gasteiger partial charge in [0.25, 0.3) is 0 Å². The molecule has 0 saturated heterocycles. The summed E-state index contributed by atoms with van der Waals surface area (Å²) in [6.07, 6.45) is 16.9. The second-order valence-corrected chi connectivity index (χ2v) is 10.5. The van der Waals surface area contributed by atoms with E-state index in [0.29, 0.717) is 5.41 Å². The summed E-state index contributed by atoms with van der Waals surface area (Å²) in [7, 11) is 4.01. The molecule has 156 valence electrons. The van der Waals surface area contributed by atoms with Gasteiger partial charge < -0.3 is 9.64 Å². The molecule has 5 atom stereocenters. The Balaban J connectivity index is 1.45. The highest BCUT2D eigenvalue weighted by Crippen LogP contribution is 2.66. The van der Waals surface area contributed by atoms with Gasteiger partial charge >= 0.3 is 0 Å². The first-order valence-electron chi connectivity index (χ1n) is 11.5. The smallest absolute Gasteiger partial charge is 0.137 e. The number of rotatable bonds is 2. The van der Waals surface area contributed by atoms with E-state index in [1.165, 1.54) is 56.2 Å². The van der Waals surface area contributed by atoms with E-state index in [1.807, 2.05) is 12.4 Å². The molecule has 3 nitrogen and oxygen atoms in total. The van der Waals surface area contributed by atoms with Gasteiger partial charge in [-0.15, -0.1) is 0 Å². The predicted octanol–water partition coefficient (Wildman–Crippen LogP) is 5.59. The molecule has 1 aromatic heterocycles. The fourth-order valence-electron chi connectivity index (χ4n) is 7.48. The first kappa shape index (κ1) is 19.4. The van der Waals surface area contributed by atoms with E-state index >= 15 is 0 Å². The molecular formula is C26H36N2O. The van der Waals surface area contributed by atoms with Crippen LogP contribution in [0.1, 0.15) is 57.9 Å². The van der Waals surface area contributed by atoms with E-state index in [4.69, 9.17) is 4.74 Å². The van der Waals surface area contributed by atoms with Crippen molar-refractivity contribution in [3.8, 4) is 5.75 Å². The van der Waals surface area contributed by atoms with Gasteiger partial charge in [-0.1, -0.05) is 31.6 Å². The number of hydrogen-bond acceptors (Lipinski definition) is 3. The maximum atomic E-state index is 5.46. The first-order chi connectivity index (χ1) is 14.0. The Hall–Kier alpha value is -1.61. The van der Waals surface area contributed by atoms with Gasteiger partial charge in [0.2, 0.25) is 0 Å². The Morgan fingerprint density at radius 1 is 1.07 bits per heavy atom. The molecule has 2 fully saturated rings. The van der Waals surface area contributed by atoms with Gasteiger partial charge in [-0.05, 0) is 97.9 Å². The second kappa shape index (κ2) is 6.97. The van der Waals surface area contributed by atoms with Crippen LogP contribution in [0.5, 0.6) is 5.75 Å². The third-order valence-corrected chi connectivity index (χ3v) is 9.24. The highest BCUT2D eigenvalue weighted by molar-refractivity contribution is 5.73. The molecule has 4 aliphatic rings. The number of hydrogen-bond donors (Lipinski definition) is 0. The Morgan fingerprint density at radius 2 is 1.93 bits per heavy atom. The summed E-state index contributed by atoms with van der Waals surface area (Å²) in [5.74, 6) is 3.35. The number of allylic oxidation sites excluding steroid dienone is 3. The molecule has 0 N–H and O–H groups in total. The zero-order valence-corrected chi connectivity index (χ0v) is 18.6. The average Bonchev–Trinajstić information content (AvgIpc) is 3.01. The molecule has 5 rings (SSSR count). The number of likely N-dealkylation sites (N-methyl/N-ethyl adjacent to an activating group) is 1. The summed E-state index contributed by atoms with van der Waals surface area (Å²) in [6.45, 7) is 7.52. The number of aromatic nitrogens is 1. The van der Waals surface area contributed by atoms with Crippen molar-refractivity contribution in [1.82, 2.24) is 9.88 Å². The van der Waals surface area contributed by atoms with Gasteiger partial charge in [0.05, 0.1) is 13.3 Å². The molecule has 0 radical (unpaired) electrons. The molecule has 0 bridgehead atoms. The SMILES string of the molecule is COc1cncc(C2=CCC3[C@@H]4CCC5=CCN(C)CC[C@]5(C)C4CC[C@]23C)c1. The van der Waals surface area contributed by atoms with Gasteiger partial charge in [-0.3, -0.25) is 4.98 Å². The minimum absolute atomic E-state index is 0.286. The van der Waals surface area contributed by atoms with Crippen LogP contribution in [0.3, 0.4) is 0 Å².